The van der Waals surface area contributed by atoms with E-state index in [0.29, 0.717) is 6.42 Å². The fourth-order valence-corrected chi connectivity index (χ4v) is 1.58. The average Bonchev–Trinajstić information content (AvgIpc) is 2.27. The van der Waals surface area contributed by atoms with Gasteiger partial charge in [-0.25, -0.2) is 0 Å². The number of rotatable bonds is 5. The minimum Gasteiger partial charge on any atom is -0.328 e. The van der Waals surface area contributed by atoms with Gasteiger partial charge < -0.3 is 11.1 Å². The third-order valence-corrected chi connectivity index (χ3v) is 2.51. The fraction of sp³-hybridized carbons (Fsp3) is 0.462. The van der Waals surface area contributed by atoms with Crippen molar-refractivity contribution in [1.82, 2.24) is 0 Å². The van der Waals surface area contributed by atoms with Crippen LogP contribution in [0, 0.1) is 0 Å². The second-order valence-corrected chi connectivity index (χ2v) is 4.51. The molecule has 0 radical (unpaired) electrons. The molecule has 0 fully saturated rings. The van der Waals surface area contributed by atoms with Crippen LogP contribution in [-0.4, -0.2) is 18.1 Å². The number of para-hydroxylation sites is 1. The molecule has 114 valence electrons. The third-order valence-electron chi connectivity index (χ3n) is 2.51. The van der Waals surface area contributed by atoms with Crippen molar-refractivity contribution in [3.8, 4) is 0 Å². The van der Waals surface area contributed by atoms with E-state index < -0.39 is 12.6 Å². The van der Waals surface area contributed by atoms with Gasteiger partial charge in [-0.3, -0.25) is 4.79 Å². The molecular weight excluding hydrogens is 293 g/mol. The number of hydrogen-bond donors (Lipinski definition) is 2. The Balaban J connectivity index is 0.00000361. The van der Waals surface area contributed by atoms with Gasteiger partial charge in [-0.05, 0) is 25.0 Å². The van der Waals surface area contributed by atoms with E-state index in [0.717, 1.165) is 0 Å². The van der Waals surface area contributed by atoms with Gasteiger partial charge in [0.1, 0.15) is 0 Å². The number of nitrogens with two attached hydrogens (primary N) is 1. The molecule has 0 saturated carbocycles. The first-order valence-corrected chi connectivity index (χ1v) is 5.98. The normalized spacial score (nSPS) is 12.4. The molecule has 0 aliphatic heterocycles. The highest BCUT2D eigenvalue weighted by Gasteiger charge is 2.28. The molecular formula is C13H18ClF3N2O. The topological polar surface area (TPSA) is 55.1 Å². The van der Waals surface area contributed by atoms with E-state index >= 15 is 0 Å². The number of carbonyl (C=O) groups is 1. The number of anilines is 1. The molecule has 0 saturated heterocycles. The van der Waals surface area contributed by atoms with Crippen LogP contribution in [0.15, 0.2) is 24.3 Å². The molecule has 1 amide bonds. The number of nitrogens with one attached hydrogen (secondary N) is 1. The van der Waals surface area contributed by atoms with Crippen molar-refractivity contribution in [3.63, 3.8) is 0 Å². The second kappa shape index (κ2) is 8.11. The average molecular weight is 311 g/mol. The monoisotopic (exact) mass is 310 g/mol. The zero-order chi connectivity index (χ0) is 14.5. The van der Waals surface area contributed by atoms with Gasteiger partial charge in [0.2, 0.25) is 5.91 Å². The maximum atomic E-state index is 12.4. The first-order valence-electron chi connectivity index (χ1n) is 5.98. The van der Waals surface area contributed by atoms with Crippen molar-refractivity contribution in [2.45, 2.75) is 38.4 Å². The Kier molecular flexibility index (Phi) is 7.60. The zero-order valence-electron chi connectivity index (χ0n) is 11.0. The number of hydrogen-bond acceptors (Lipinski definition) is 2. The SMILES string of the molecule is CC(N)CCC(=O)Nc1ccccc1CC(F)(F)F.Cl. The van der Waals surface area contributed by atoms with Crippen molar-refractivity contribution < 1.29 is 18.0 Å². The number of carbonyl (C=O) groups excluding carboxylic acids is 1. The summed E-state index contributed by atoms with van der Waals surface area (Å²) in [7, 11) is 0. The van der Waals surface area contributed by atoms with Crippen molar-refractivity contribution in [1.29, 1.82) is 0 Å². The Morgan fingerprint density at radius 2 is 1.95 bits per heavy atom. The maximum absolute atomic E-state index is 12.4. The largest absolute Gasteiger partial charge is 0.393 e. The Bertz CT molecular complexity index is 436. The molecule has 0 aliphatic rings. The highest BCUT2D eigenvalue weighted by atomic mass is 35.5. The van der Waals surface area contributed by atoms with Crippen LogP contribution in [0.25, 0.3) is 0 Å². The summed E-state index contributed by atoms with van der Waals surface area (Å²) < 4.78 is 37.2. The molecule has 1 unspecified atom stereocenters. The van der Waals surface area contributed by atoms with E-state index in [4.69, 9.17) is 5.73 Å². The van der Waals surface area contributed by atoms with Crippen LogP contribution in [-0.2, 0) is 11.2 Å². The summed E-state index contributed by atoms with van der Waals surface area (Å²) in [4.78, 5) is 11.6. The van der Waals surface area contributed by atoms with Crippen LogP contribution >= 0.6 is 12.4 Å². The zero-order valence-corrected chi connectivity index (χ0v) is 11.9. The van der Waals surface area contributed by atoms with Crippen molar-refractivity contribution >= 4 is 24.0 Å². The summed E-state index contributed by atoms with van der Waals surface area (Å²) in [6, 6.07) is 5.80. The lowest BCUT2D eigenvalue weighted by atomic mass is 10.1. The first-order chi connectivity index (χ1) is 8.78. The molecule has 0 aliphatic carbocycles. The molecule has 0 aromatic heterocycles. The number of halogens is 4. The Morgan fingerprint density at radius 1 is 1.35 bits per heavy atom. The molecule has 0 heterocycles. The van der Waals surface area contributed by atoms with Crippen LogP contribution < -0.4 is 11.1 Å². The molecule has 3 nitrogen and oxygen atoms in total. The Morgan fingerprint density at radius 3 is 2.50 bits per heavy atom. The number of benzene rings is 1. The summed E-state index contributed by atoms with van der Waals surface area (Å²) in [6.07, 6.45) is -4.67. The molecule has 1 aromatic carbocycles. The maximum Gasteiger partial charge on any atom is 0.393 e. The number of alkyl halides is 3. The highest BCUT2D eigenvalue weighted by molar-refractivity contribution is 5.91. The lowest BCUT2D eigenvalue weighted by Gasteiger charge is -2.13. The van der Waals surface area contributed by atoms with Crippen molar-refractivity contribution in [3.05, 3.63) is 29.8 Å². The highest BCUT2D eigenvalue weighted by Crippen LogP contribution is 2.26. The van der Waals surface area contributed by atoms with E-state index in [2.05, 4.69) is 5.32 Å². The standard InChI is InChI=1S/C13H17F3N2O.ClH/c1-9(17)6-7-12(19)18-11-5-3-2-4-10(11)8-13(14,15)16;/h2-5,9H,6-8,17H2,1H3,(H,18,19);1H. The van der Waals surface area contributed by atoms with E-state index in [-0.39, 0.29) is 42.0 Å². The van der Waals surface area contributed by atoms with Gasteiger partial charge in [-0.15, -0.1) is 12.4 Å². The molecule has 3 N–H and O–H groups in total. The minimum absolute atomic E-state index is 0. The summed E-state index contributed by atoms with van der Waals surface area (Å²) in [5, 5.41) is 2.49. The number of amides is 1. The van der Waals surface area contributed by atoms with Gasteiger partial charge in [0.05, 0.1) is 6.42 Å². The summed E-state index contributed by atoms with van der Waals surface area (Å²) in [5.74, 6) is -0.327. The van der Waals surface area contributed by atoms with Crippen LogP contribution in [0.2, 0.25) is 0 Å². The van der Waals surface area contributed by atoms with Gasteiger partial charge in [0, 0.05) is 18.2 Å². The molecule has 20 heavy (non-hydrogen) atoms. The lowest BCUT2D eigenvalue weighted by Crippen LogP contribution is -2.20. The summed E-state index contributed by atoms with van der Waals surface area (Å²) in [6.45, 7) is 1.77. The summed E-state index contributed by atoms with van der Waals surface area (Å²) >= 11 is 0. The van der Waals surface area contributed by atoms with Crippen LogP contribution in [0.5, 0.6) is 0 Å². The predicted octanol–water partition coefficient (Wildman–Crippen LogP) is 3.28. The molecule has 1 aromatic rings. The van der Waals surface area contributed by atoms with Crippen molar-refractivity contribution in [2.24, 2.45) is 5.73 Å². The Labute approximate surface area is 122 Å². The van der Waals surface area contributed by atoms with E-state index in [1.165, 1.54) is 18.2 Å². The van der Waals surface area contributed by atoms with Crippen LogP contribution in [0.4, 0.5) is 18.9 Å². The molecule has 7 heteroatoms. The van der Waals surface area contributed by atoms with Gasteiger partial charge >= 0.3 is 6.18 Å². The van der Waals surface area contributed by atoms with Gasteiger partial charge in [-0.1, -0.05) is 18.2 Å². The molecule has 1 rings (SSSR count). The molecule has 0 bridgehead atoms. The van der Waals surface area contributed by atoms with Crippen LogP contribution in [0.1, 0.15) is 25.3 Å². The van der Waals surface area contributed by atoms with E-state index in [1.807, 2.05) is 0 Å². The first kappa shape index (κ1) is 18.7. The lowest BCUT2D eigenvalue weighted by molar-refractivity contribution is -0.127. The third kappa shape index (κ3) is 7.35. The van der Waals surface area contributed by atoms with Crippen LogP contribution in [0.3, 0.4) is 0 Å². The molecule has 1 atom stereocenters. The molecule has 0 spiro atoms. The smallest absolute Gasteiger partial charge is 0.328 e. The van der Waals surface area contributed by atoms with Gasteiger partial charge in [-0.2, -0.15) is 13.2 Å². The minimum atomic E-state index is -4.30. The van der Waals surface area contributed by atoms with Gasteiger partial charge in [0.25, 0.3) is 0 Å². The van der Waals surface area contributed by atoms with Gasteiger partial charge in [0.15, 0.2) is 0 Å². The predicted molar refractivity (Wildman–Crippen MR) is 75.0 cm³/mol. The van der Waals surface area contributed by atoms with E-state index in [9.17, 15) is 18.0 Å². The summed E-state index contributed by atoms with van der Waals surface area (Å²) in [5.41, 5.74) is 5.78. The Hall–Kier alpha value is -1.27. The van der Waals surface area contributed by atoms with E-state index in [1.54, 1.807) is 13.0 Å². The second-order valence-electron chi connectivity index (χ2n) is 4.51. The quantitative estimate of drug-likeness (QED) is 0.877. The van der Waals surface area contributed by atoms with Crippen molar-refractivity contribution in [2.75, 3.05) is 5.32 Å². The fourth-order valence-electron chi connectivity index (χ4n) is 1.58.